The molecule has 0 N–H and O–H groups in total. The highest BCUT2D eigenvalue weighted by atomic mass is 16.6. The molecule has 0 spiro atoms. The lowest BCUT2D eigenvalue weighted by molar-refractivity contribution is 0.0428. The largest absolute Gasteiger partial charge is 0.459 e. The van der Waals surface area contributed by atoms with E-state index in [9.17, 15) is 14.4 Å². The molecule has 0 unspecified atom stereocenters. The van der Waals surface area contributed by atoms with Crippen LogP contribution in [0.5, 0.6) is 0 Å². The maximum Gasteiger partial charge on any atom is 0.339 e. The fourth-order valence-corrected chi connectivity index (χ4v) is 2.26. The number of carbonyl (C=O) groups is 3. The van der Waals surface area contributed by atoms with Gasteiger partial charge in [-0.25, -0.2) is 14.4 Å². The summed E-state index contributed by atoms with van der Waals surface area (Å²) < 4.78 is 30.4. The van der Waals surface area contributed by atoms with Gasteiger partial charge in [-0.3, -0.25) is 0 Å². The molecule has 3 aliphatic rings. The summed E-state index contributed by atoms with van der Waals surface area (Å²) in [6.07, 6.45) is -0.297. The Bertz CT molecular complexity index is 747. The Labute approximate surface area is 154 Å². The van der Waals surface area contributed by atoms with Crippen molar-refractivity contribution in [1.82, 2.24) is 0 Å². The van der Waals surface area contributed by atoms with Crippen molar-refractivity contribution >= 4 is 17.9 Å². The lowest BCUT2D eigenvalue weighted by atomic mass is 10.0. The van der Waals surface area contributed by atoms with Crippen LogP contribution < -0.4 is 0 Å². The van der Waals surface area contributed by atoms with Crippen LogP contribution in [0.15, 0.2) is 18.2 Å². The summed E-state index contributed by atoms with van der Waals surface area (Å²) in [5.74, 6) is -2.04. The fourth-order valence-electron chi connectivity index (χ4n) is 2.26. The first-order chi connectivity index (χ1) is 13.1. The highest BCUT2D eigenvalue weighted by Crippen LogP contribution is 2.19. The zero-order valence-electron chi connectivity index (χ0n) is 14.4. The minimum absolute atomic E-state index is 0.0134. The van der Waals surface area contributed by atoms with Crippen molar-refractivity contribution in [2.75, 3.05) is 39.6 Å². The van der Waals surface area contributed by atoms with Crippen LogP contribution in [-0.2, 0) is 28.4 Å². The number of carbonyl (C=O) groups excluding carboxylic acids is 3. The van der Waals surface area contributed by atoms with Gasteiger partial charge in [0.15, 0.2) is 0 Å². The standard InChI is InChI=1S/C18H18O9/c19-16(25-7-11-4-22-11)10-1-2-14(17(20)26-8-12-5-23-12)15(3-10)18(21)27-9-13-6-24-13/h1-3,11-13H,4-9H2/t11-,12+,13+/m0/s1. The van der Waals surface area contributed by atoms with E-state index in [0.717, 1.165) is 0 Å². The SMILES string of the molecule is O=C(OC[C@@H]1CO1)c1ccc(C(=O)OC[C@H]2CO2)c(C(=O)OC[C@H]2CO2)c1. The Morgan fingerprint density at radius 2 is 1.19 bits per heavy atom. The van der Waals surface area contributed by atoms with Gasteiger partial charge in [-0.2, -0.15) is 0 Å². The molecule has 9 heteroatoms. The van der Waals surface area contributed by atoms with Gasteiger partial charge in [0, 0.05) is 0 Å². The van der Waals surface area contributed by atoms with E-state index in [1.54, 1.807) is 0 Å². The highest BCUT2D eigenvalue weighted by molar-refractivity contribution is 6.05. The van der Waals surface area contributed by atoms with Gasteiger partial charge < -0.3 is 28.4 Å². The van der Waals surface area contributed by atoms with E-state index in [1.807, 2.05) is 0 Å². The lowest BCUT2D eigenvalue weighted by Crippen LogP contribution is -2.19. The molecule has 0 aliphatic carbocycles. The Balaban J connectivity index is 1.48. The third-order valence-electron chi connectivity index (χ3n) is 4.10. The summed E-state index contributed by atoms with van der Waals surface area (Å²) in [6, 6.07) is 4.03. The van der Waals surface area contributed by atoms with E-state index in [2.05, 4.69) is 0 Å². The van der Waals surface area contributed by atoms with E-state index in [0.29, 0.717) is 19.8 Å². The Morgan fingerprint density at radius 1 is 0.741 bits per heavy atom. The van der Waals surface area contributed by atoms with Gasteiger partial charge in [0.25, 0.3) is 0 Å². The smallest absolute Gasteiger partial charge is 0.339 e. The van der Waals surface area contributed by atoms with Crippen LogP contribution in [0.4, 0.5) is 0 Å². The molecule has 0 saturated carbocycles. The van der Waals surface area contributed by atoms with Crippen molar-refractivity contribution < 1.29 is 42.8 Å². The van der Waals surface area contributed by atoms with Crippen LogP contribution in [0.3, 0.4) is 0 Å². The molecule has 3 atom stereocenters. The zero-order valence-corrected chi connectivity index (χ0v) is 14.4. The quantitative estimate of drug-likeness (QED) is 0.341. The van der Waals surface area contributed by atoms with Crippen molar-refractivity contribution in [2.45, 2.75) is 18.3 Å². The number of rotatable bonds is 9. The molecule has 9 nitrogen and oxygen atoms in total. The first-order valence-electron chi connectivity index (χ1n) is 8.60. The molecule has 144 valence electrons. The molecule has 1 aromatic rings. The van der Waals surface area contributed by atoms with Crippen LogP contribution in [0.1, 0.15) is 31.1 Å². The molecule has 1 aromatic carbocycles. The van der Waals surface area contributed by atoms with Crippen molar-refractivity contribution in [2.24, 2.45) is 0 Å². The average molecular weight is 378 g/mol. The summed E-state index contributed by atoms with van der Waals surface area (Å²) >= 11 is 0. The molecular formula is C18H18O9. The Morgan fingerprint density at radius 3 is 1.67 bits per heavy atom. The number of benzene rings is 1. The molecule has 3 aliphatic heterocycles. The molecule has 4 rings (SSSR count). The van der Waals surface area contributed by atoms with Crippen LogP contribution >= 0.6 is 0 Å². The van der Waals surface area contributed by atoms with Crippen molar-refractivity contribution in [3.63, 3.8) is 0 Å². The predicted octanol–water partition coefficient (Wildman–Crippen LogP) is 0.353. The topological polar surface area (TPSA) is 116 Å². The van der Waals surface area contributed by atoms with Gasteiger partial charge in [0.2, 0.25) is 0 Å². The van der Waals surface area contributed by atoms with Crippen molar-refractivity contribution in [3.05, 3.63) is 34.9 Å². The van der Waals surface area contributed by atoms with Gasteiger partial charge in [-0.15, -0.1) is 0 Å². The van der Waals surface area contributed by atoms with Crippen LogP contribution in [-0.4, -0.2) is 75.9 Å². The van der Waals surface area contributed by atoms with E-state index < -0.39 is 17.9 Å². The second-order valence-electron chi connectivity index (χ2n) is 6.42. The van der Waals surface area contributed by atoms with Crippen molar-refractivity contribution in [1.29, 1.82) is 0 Å². The second kappa shape index (κ2) is 7.63. The molecule has 0 aromatic heterocycles. The monoisotopic (exact) mass is 378 g/mol. The molecule has 3 fully saturated rings. The average Bonchev–Trinajstić information content (AvgIpc) is 3.54. The van der Waals surface area contributed by atoms with Crippen LogP contribution in [0.2, 0.25) is 0 Å². The van der Waals surface area contributed by atoms with E-state index >= 15 is 0 Å². The highest BCUT2D eigenvalue weighted by Gasteiger charge is 2.29. The summed E-state index contributed by atoms with van der Waals surface area (Å²) in [5.41, 5.74) is 0.0845. The summed E-state index contributed by atoms with van der Waals surface area (Å²) in [6.45, 7) is 1.95. The molecule has 0 amide bonds. The van der Waals surface area contributed by atoms with Gasteiger partial charge in [-0.1, -0.05) is 0 Å². The number of hydrogen-bond donors (Lipinski definition) is 0. The fraction of sp³-hybridized carbons (Fsp3) is 0.500. The first kappa shape index (κ1) is 17.9. The molecule has 0 radical (unpaired) electrons. The molecule has 27 heavy (non-hydrogen) atoms. The molecule has 0 bridgehead atoms. The summed E-state index contributed by atoms with van der Waals surface area (Å²) in [5, 5.41) is 0. The number of epoxide rings is 3. The minimum Gasteiger partial charge on any atom is -0.459 e. The van der Waals surface area contributed by atoms with E-state index in [4.69, 9.17) is 28.4 Å². The van der Waals surface area contributed by atoms with Crippen LogP contribution in [0, 0.1) is 0 Å². The number of ether oxygens (including phenoxy) is 6. The number of hydrogen-bond acceptors (Lipinski definition) is 9. The van der Waals surface area contributed by atoms with Gasteiger partial charge in [0.05, 0.1) is 36.5 Å². The summed E-state index contributed by atoms with van der Waals surface area (Å²) in [7, 11) is 0. The third kappa shape index (κ3) is 5.03. The van der Waals surface area contributed by atoms with Crippen LogP contribution in [0.25, 0.3) is 0 Å². The van der Waals surface area contributed by atoms with Gasteiger partial charge in [-0.05, 0) is 18.2 Å². The maximum atomic E-state index is 12.4. The molecular weight excluding hydrogens is 360 g/mol. The molecule has 3 saturated heterocycles. The zero-order chi connectivity index (χ0) is 18.8. The van der Waals surface area contributed by atoms with E-state index in [-0.39, 0.29) is 54.8 Å². The third-order valence-corrected chi connectivity index (χ3v) is 4.10. The first-order valence-corrected chi connectivity index (χ1v) is 8.60. The lowest BCUT2D eigenvalue weighted by Gasteiger charge is -2.11. The number of esters is 3. The van der Waals surface area contributed by atoms with Gasteiger partial charge in [0.1, 0.15) is 38.1 Å². The van der Waals surface area contributed by atoms with E-state index in [1.165, 1.54) is 18.2 Å². The Hall–Kier alpha value is -2.49. The van der Waals surface area contributed by atoms with Crippen molar-refractivity contribution in [3.8, 4) is 0 Å². The minimum atomic E-state index is -0.736. The maximum absolute atomic E-state index is 12.4. The second-order valence-corrected chi connectivity index (χ2v) is 6.42. The Kier molecular flexibility index (Phi) is 5.06. The molecule has 3 heterocycles. The van der Waals surface area contributed by atoms with Gasteiger partial charge >= 0.3 is 17.9 Å². The summed E-state index contributed by atoms with van der Waals surface area (Å²) in [4.78, 5) is 36.9. The predicted molar refractivity (Wildman–Crippen MR) is 86.5 cm³/mol. The normalized spacial score (nSPS) is 24.7.